The van der Waals surface area contributed by atoms with Crippen molar-refractivity contribution in [1.29, 1.82) is 0 Å². The summed E-state index contributed by atoms with van der Waals surface area (Å²) in [5, 5.41) is 6.52. The SMILES string of the molecule is O=Cc1c(C(=O)NCC2CCOC2)noc1CCCc1ccccc1F. The van der Waals surface area contributed by atoms with E-state index in [1.165, 1.54) is 6.07 Å². The molecule has 0 bridgehead atoms. The number of nitrogens with one attached hydrogen (secondary N) is 1. The molecule has 3 rings (SSSR count). The van der Waals surface area contributed by atoms with E-state index in [9.17, 15) is 14.0 Å². The zero-order valence-electron chi connectivity index (χ0n) is 14.4. The minimum Gasteiger partial charge on any atom is -0.381 e. The fourth-order valence-corrected chi connectivity index (χ4v) is 3.00. The Hall–Kier alpha value is -2.54. The van der Waals surface area contributed by atoms with Crippen molar-refractivity contribution < 1.29 is 23.2 Å². The lowest BCUT2D eigenvalue weighted by Gasteiger charge is -2.08. The van der Waals surface area contributed by atoms with E-state index in [-0.39, 0.29) is 23.0 Å². The van der Waals surface area contributed by atoms with Crippen molar-refractivity contribution >= 4 is 12.2 Å². The molecule has 1 saturated heterocycles. The highest BCUT2D eigenvalue weighted by atomic mass is 19.1. The van der Waals surface area contributed by atoms with Crippen LogP contribution in [0.1, 0.15) is 45.0 Å². The summed E-state index contributed by atoms with van der Waals surface area (Å²) in [6.07, 6.45) is 2.98. The van der Waals surface area contributed by atoms with Crippen molar-refractivity contribution in [2.75, 3.05) is 19.8 Å². The summed E-state index contributed by atoms with van der Waals surface area (Å²) in [5.74, 6) is -0.0452. The summed E-state index contributed by atoms with van der Waals surface area (Å²) in [6.45, 7) is 1.81. The maximum absolute atomic E-state index is 13.6. The van der Waals surface area contributed by atoms with Crippen LogP contribution in [0.5, 0.6) is 0 Å². The van der Waals surface area contributed by atoms with Gasteiger partial charge in [0.2, 0.25) is 0 Å². The second-order valence-electron chi connectivity index (χ2n) is 6.37. The lowest BCUT2D eigenvalue weighted by atomic mass is 10.0. The highest BCUT2D eigenvalue weighted by Crippen LogP contribution is 2.17. The molecule has 6 nitrogen and oxygen atoms in total. The van der Waals surface area contributed by atoms with Crippen molar-refractivity contribution in [3.63, 3.8) is 0 Å². The maximum Gasteiger partial charge on any atom is 0.274 e. The molecule has 2 aromatic rings. The van der Waals surface area contributed by atoms with Crippen LogP contribution in [-0.4, -0.2) is 37.1 Å². The number of benzene rings is 1. The van der Waals surface area contributed by atoms with Gasteiger partial charge in [-0.2, -0.15) is 0 Å². The highest BCUT2D eigenvalue weighted by molar-refractivity contribution is 6.00. The molecule has 0 aliphatic carbocycles. The molecule has 1 aliphatic heterocycles. The molecule has 1 amide bonds. The van der Waals surface area contributed by atoms with Gasteiger partial charge < -0.3 is 14.6 Å². The first-order chi connectivity index (χ1) is 12.7. The van der Waals surface area contributed by atoms with Crippen LogP contribution in [-0.2, 0) is 17.6 Å². The molecule has 2 heterocycles. The molecular formula is C19H21FN2O4. The molecule has 1 fully saturated rings. The average Bonchev–Trinajstić information content (AvgIpc) is 3.30. The van der Waals surface area contributed by atoms with Crippen LogP contribution in [0.2, 0.25) is 0 Å². The number of amides is 1. The Balaban J connectivity index is 1.57. The first-order valence-corrected chi connectivity index (χ1v) is 8.72. The Morgan fingerprint density at radius 1 is 1.35 bits per heavy atom. The topological polar surface area (TPSA) is 81.4 Å². The van der Waals surface area contributed by atoms with Crippen LogP contribution in [0.15, 0.2) is 28.8 Å². The number of aryl methyl sites for hydroxylation is 2. The van der Waals surface area contributed by atoms with E-state index in [2.05, 4.69) is 10.5 Å². The summed E-state index contributed by atoms with van der Waals surface area (Å²) in [6, 6.07) is 6.56. The van der Waals surface area contributed by atoms with Gasteiger partial charge in [0, 0.05) is 25.5 Å². The third-order valence-corrected chi connectivity index (χ3v) is 4.52. The predicted molar refractivity (Wildman–Crippen MR) is 91.6 cm³/mol. The van der Waals surface area contributed by atoms with Crippen LogP contribution in [0.3, 0.4) is 0 Å². The van der Waals surface area contributed by atoms with Crippen LogP contribution in [0.25, 0.3) is 0 Å². The van der Waals surface area contributed by atoms with E-state index in [0.29, 0.717) is 56.6 Å². The lowest BCUT2D eigenvalue weighted by Crippen LogP contribution is -2.30. The molecule has 0 saturated carbocycles. The largest absolute Gasteiger partial charge is 0.381 e. The van der Waals surface area contributed by atoms with Crippen LogP contribution >= 0.6 is 0 Å². The molecule has 26 heavy (non-hydrogen) atoms. The van der Waals surface area contributed by atoms with Gasteiger partial charge in [-0.25, -0.2) is 4.39 Å². The normalized spacial score (nSPS) is 16.6. The van der Waals surface area contributed by atoms with Crippen LogP contribution < -0.4 is 5.32 Å². The van der Waals surface area contributed by atoms with Gasteiger partial charge in [0.05, 0.1) is 12.2 Å². The Bertz CT molecular complexity index is 769. The number of nitrogens with zero attached hydrogens (tertiary/aromatic N) is 1. The molecule has 0 radical (unpaired) electrons. The van der Waals surface area contributed by atoms with Gasteiger partial charge in [0.15, 0.2) is 12.0 Å². The van der Waals surface area contributed by atoms with E-state index in [1.807, 2.05) is 0 Å². The number of hydrogen-bond acceptors (Lipinski definition) is 5. The fourth-order valence-electron chi connectivity index (χ4n) is 3.00. The molecule has 1 N–H and O–H groups in total. The Labute approximate surface area is 150 Å². The number of ether oxygens (including phenoxy) is 1. The van der Waals surface area contributed by atoms with Gasteiger partial charge in [-0.15, -0.1) is 0 Å². The van der Waals surface area contributed by atoms with Crippen molar-refractivity contribution in [2.24, 2.45) is 5.92 Å². The zero-order valence-corrected chi connectivity index (χ0v) is 14.4. The summed E-state index contributed by atoms with van der Waals surface area (Å²) in [5.41, 5.74) is 0.773. The summed E-state index contributed by atoms with van der Waals surface area (Å²) in [7, 11) is 0. The van der Waals surface area contributed by atoms with Gasteiger partial charge >= 0.3 is 0 Å². The minimum absolute atomic E-state index is 0.000179. The van der Waals surface area contributed by atoms with Crippen molar-refractivity contribution in [1.82, 2.24) is 10.5 Å². The maximum atomic E-state index is 13.6. The first kappa shape index (κ1) is 18.3. The monoisotopic (exact) mass is 360 g/mol. The number of carbonyl (C=O) groups is 2. The second-order valence-corrected chi connectivity index (χ2v) is 6.37. The van der Waals surface area contributed by atoms with Crippen molar-refractivity contribution in [3.05, 3.63) is 52.7 Å². The number of aromatic nitrogens is 1. The van der Waals surface area contributed by atoms with Gasteiger partial charge in [-0.05, 0) is 30.9 Å². The standard InChI is InChI=1S/C19H21FN2O4/c20-16-6-2-1-4-14(16)5-3-7-17-15(11-23)18(22-26-17)19(24)21-10-13-8-9-25-12-13/h1-2,4,6,11,13H,3,5,7-10,12H2,(H,21,24). The molecule has 1 aliphatic rings. The predicted octanol–water partition coefficient (Wildman–Crippen LogP) is 2.57. The molecule has 1 aromatic carbocycles. The molecule has 138 valence electrons. The molecule has 1 atom stereocenters. The van der Waals surface area contributed by atoms with Gasteiger partial charge in [-0.1, -0.05) is 23.4 Å². The van der Waals surface area contributed by atoms with Crippen LogP contribution in [0, 0.1) is 11.7 Å². The number of hydrogen-bond donors (Lipinski definition) is 1. The lowest BCUT2D eigenvalue weighted by molar-refractivity contribution is 0.0931. The van der Waals surface area contributed by atoms with Crippen LogP contribution in [0.4, 0.5) is 4.39 Å². The van der Waals surface area contributed by atoms with E-state index in [4.69, 9.17) is 9.26 Å². The Morgan fingerprint density at radius 3 is 2.92 bits per heavy atom. The first-order valence-electron chi connectivity index (χ1n) is 8.72. The van der Waals surface area contributed by atoms with E-state index in [0.717, 1.165) is 6.42 Å². The molecule has 1 unspecified atom stereocenters. The number of aldehydes is 1. The summed E-state index contributed by atoms with van der Waals surface area (Å²) in [4.78, 5) is 23.7. The van der Waals surface area contributed by atoms with Gasteiger partial charge in [-0.3, -0.25) is 9.59 Å². The quantitative estimate of drug-likeness (QED) is 0.732. The minimum atomic E-state index is -0.428. The molecular weight excluding hydrogens is 339 g/mol. The molecule has 0 spiro atoms. The number of rotatable bonds is 8. The second kappa shape index (κ2) is 8.71. The zero-order chi connectivity index (χ0) is 18.4. The third kappa shape index (κ3) is 4.35. The Kier molecular flexibility index (Phi) is 6.12. The van der Waals surface area contributed by atoms with Gasteiger partial charge in [0.25, 0.3) is 5.91 Å². The van der Waals surface area contributed by atoms with E-state index < -0.39 is 5.91 Å². The summed E-state index contributed by atoms with van der Waals surface area (Å²) >= 11 is 0. The fraction of sp³-hybridized carbons (Fsp3) is 0.421. The van der Waals surface area contributed by atoms with Crippen molar-refractivity contribution in [2.45, 2.75) is 25.7 Å². The number of halogens is 1. The third-order valence-electron chi connectivity index (χ3n) is 4.52. The van der Waals surface area contributed by atoms with E-state index >= 15 is 0 Å². The van der Waals surface area contributed by atoms with Crippen molar-refractivity contribution in [3.8, 4) is 0 Å². The smallest absolute Gasteiger partial charge is 0.274 e. The number of carbonyl (C=O) groups excluding carboxylic acids is 2. The molecule has 1 aromatic heterocycles. The Morgan fingerprint density at radius 2 is 2.19 bits per heavy atom. The molecule has 7 heteroatoms. The van der Waals surface area contributed by atoms with E-state index in [1.54, 1.807) is 18.2 Å². The average molecular weight is 360 g/mol. The summed E-state index contributed by atoms with van der Waals surface area (Å²) < 4.78 is 24.1. The van der Waals surface area contributed by atoms with Gasteiger partial charge in [0.1, 0.15) is 11.6 Å². The highest BCUT2D eigenvalue weighted by Gasteiger charge is 2.23.